The zero-order valence-corrected chi connectivity index (χ0v) is 19.1. The summed E-state index contributed by atoms with van der Waals surface area (Å²) in [6.07, 6.45) is 1.56. The highest BCUT2D eigenvalue weighted by molar-refractivity contribution is 7.80. The summed E-state index contributed by atoms with van der Waals surface area (Å²) in [6, 6.07) is 6.19. The molecule has 1 unspecified atom stereocenters. The Morgan fingerprint density at radius 1 is 1.10 bits per heavy atom. The summed E-state index contributed by atoms with van der Waals surface area (Å²) in [5, 5.41) is 3.44. The highest BCUT2D eigenvalue weighted by atomic mass is 32.1. The summed E-state index contributed by atoms with van der Waals surface area (Å²) in [6.45, 7) is 13.6. The first kappa shape index (κ1) is 21.3. The maximum atomic E-state index is 11.5. The zero-order chi connectivity index (χ0) is 21.5. The van der Waals surface area contributed by atoms with E-state index in [4.69, 9.17) is 21.7 Å². The van der Waals surface area contributed by atoms with Crippen LogP contribution in [0.1, 0.15) is 53.6 Å². The molecule has 0 saturated carbocycles. The highest BCUT2D eigenvalue weighted by Gasteiger charge is 2.38. The number of hydrogen-bond donors (Lipinski definition) is 1. The lowest BCUT2D eigenvalue weighted by atomic mass is 9.87. The van der Waals surface area contributed by atoms with Crippen molar-refractivity contribution in [3.63, 3.8) is 0 Å². The van der Waals surface area contributed by atoms with E-state index >= 15 is 0 Å². The minimum absolute atomic E-state index is 0.309. The molecule has 0 bridgehead atoms. The third-order valence-corrected chi connectivity index (χ3v) is 6.47. The molecule has 1 atom stereocenters. The number of fused-ring (bicyclic) bond motifs is 1. The predicted molar refractivity (Wildman–Crippen MR) is 121 cm³/mol. The average molecular weight is 412 g/mol. The van der Waals surface area contributed by atoms with Crippen molar-refractivity contribution >= 4 is 28.9 Å². The maximum absolute atomic E-state index is 11.5. The summed E-state index contributed by atoms with van der Waals surface area (Å²) in [4.78, 5) is 12.2. The van der Waals surface area contributed by atoms with E-state index in [1.807, 2.05) is 33.8 Å². The molecule has 0 fully saturated rings. The van der Waals surface area contributed by atoms with Gasteiger partial charge in [0, 0.05) is 18.2 Å². The first-order chi connectivity index (χ1) is 13.5. The van der Waals surface area contributed by atoms with E-state index in [0.29, 0.717) is 10.7 Å². The second-order valence-corrected chi connectivity index (χ2v) is 8.57. The number of nitrogens with one attached hydrogen (secondary N) is 1. The van der Waals surface area contributed by atoms with Crippen molar-refractivity contribution < 1.29 is 14.3 Å². The second kappa shape index (κ2) is 7.79. The number of para-hydroxylation sites is 1. The fourth-order valence-corrected chi connectivity index (χ4v) is 4.19. The Labute approximate surface area is 178 Å². The number of aryl methyl sites for hydroxylation is 2. The van der Waals surface area contributed by atoms with Gasteiger partial charge in [0.15, 0.2) is 5.60 Å². The number of rotatable bonds is 3. The molecule has 1 aliphatic rings. The average Bonchev–Trinajstić information content (AvgIpc) is 2.66. The first-order valence-electron chi connectivity index (χ1n) is 9.93. The molecule has 5 heteroatoms. The molecule has 1 aliphatic heterocycles. The van der Waals surface area contributed by atoms with Crippen LogP contribution in [0.25, 0.3) is 0 Å². The fraction of sp³-hybridized carbons (Fsp3) is 0.417. The van der Waals surface area contributed by atoms with E-state index < -0.39 is 5.60 Å². The second-order valence-electron chi connectivity index (χ2n) is 8.16. The number of ether oxygens (including phenoxy) is 2. The molecule has 3 rings (SSSR count). The van der Waals surface area contributed by atoms with Crippen molar-refractivity contribution in [3.8, 4) is 11.5 Å². The van der Waals surface area contributed by atoms with E-state index in [1.54, 1.807) is 0 Å². The third-order valence-electron chi connectivity index (χ3n) is 5.94. The van der Waals surface area contributed by atoms with Crippen LogP contribution in [0.4, 0.5) is 5.69 Å². The van der Waals surface area contributed by atoms with Crippen LogP contribution >= 0.6 is 12.2 Å². The summed E-state index contributed by atoms with van der Waals surface area (Å²) in [5.41, 5.74) is 6.72. The highest BCUT2D eigenvalue weighted by Crippen LogP contribution is 2.44. The summed E-state index contributed by atoms with van der Waals surface area (Å²) in [5.74, 6) is 1.20. The van der Waals surface area contributed by atoms with Gasteiger partial charge in [-0.25, -0.2) is 0 Å². The Morgan fingerprint density at radius 2 is 1.72 bits per heavy atom. The number of carbonyl (C=O) groups excluding carboxylic acids is 1. The van der Waals surface area contributed by atoms with Gasteiger partial charge in [-0.1, -0.05) is 30.4 Å². The molecular formula is C24H29NO3S. The lowest BCUT2D eigenvalue weighted by molar-refractivity contribution is -0.132. The van der Waals surface area contributed by atoms with Crippen LogP contribution < -0.4 is 14.8 Å². The van der Waals surface area contributed by atoms with Gasteiger partial charge in [0.25, 0.3) is 0 Å². The van der Waals surface area contributed by atoms with Crippen molar-refractivity contribution in [2.24, 2.45) is 0 Å². The van der Waals surface area contributed by atoms with Crippen LogP contribution in [0.3, 0.4) is 0 Å². The van der Waals surface area contributed by atoms with Crippen LogP contribution in [-0.4, -0.2) is 16.6 Å². The van der Waals surface area contributed by atoms with Gasteiger partial charge in [0.2, 0.25) is 0 Å². The Morgan fingerprint density at radius 3 is 2.31 bits per heavy atom. The molecule has 0 amide bonds. The van der Waals surface area contributed by atoms with E-state index in [0.717, 1.165) is 57.7 Å². The predicted octanol–water partition coefficient (Wildman–Crippen LogP) is 5.68. The number of esters is 1. The Hall–Kier alpha value is -2.40. The molecular weight excluding hydrogens is 382 g/mol. The molecule has 0 aliphatic carbocycles. The number of carbonyl (C=O) groups is 1. The largest absolute Gasteiger partial charge is 0.480 e. The normalized spacial score (nSPS) is 17.9. The number of anilines is 1. The lowest BCUT2D eigenvalue weighted by Gasteiger charge is -2.38. The molecule has 0 radical (unpaired) electrons. The molecule has 29 heavy (non-hydrogen) atoms. The van der Waals surface area contributed by atoms with Crippen LogP contribution in [-0.2, 0) is 11.2 Å². The maximum Gasteiger partial charge on any atom is 0.308 e. The van der Waals surface area contributed by atoms with E-state index in [-0.39, 0.29) is 5.97 Å². The SMILES string of the molecule is CC(=O)Oc1c(C)c(C)c2c(c1C)CCC(C)(C(=S)Nc1c(C)cccc1C)O2. The standard InChI is InChI=1S/C24H29NO3S/c1-13-9-8-10-14(2)20(13)25-23(29)24(7)12-11-19-17(5)21(27-18(6)26)15(3)16(4)22(19)28-24/h8-10H,11-12H2,1-7H3,(H,25,29). The number of benzene rings is 2. The van der Waals surface area contributed by atoms with E-state index in [2.05, 4.69) is 31.3 Å². The van der Waals surface area contributed by atoms with Gasteiger partial charge in [-0.05, 0) is 82.2 Å². The molecule has 1 heterocycles. The lowest BCUT2D eigenvalue weighted by Crippen LogP contribution is -2.47. The van der Waals surface area contributed by atoms with Gasteiger partial charge in [-0.2, -0.15) is 0 Å². The van der Waals surface area contributed by atoms with Crippen LogP contribution in [0.2, 0.25) is 0 Å². The van der Waals surface area contributed by atoms with Gasteiger partial charge in [-0.15, -0.1) is 0 Å². The van der Waals surface area contributed by atoms with Crippen LogP contribution in [0.5, 0.6) is 11.5 Å². The minimum atomic E-state index is -0.607. The van der Waals surface area contributed by atoms with Crippen molar-refractivity contribution in [1.29, 1.82) is 0 Å². The van der Waals surface area contributed by atoms with Crippen molar-refractivity contribution in [2.45, 2.75) is 66.9 Å². The fourth-order valence-electron chi connectivity index (χ4n) is 3.95. The summed E-state index contributed by atoms with van der Waals surface area (Å²) < 4.78 is 12.0. The molecule has 2 aromatic rings. The van der Waals surface area contributed by atoms with Crippen molar-refractivity contribution in [3.05, 3.63) is 51.6 Å². The van der Waals surface area contributed by atoms with Gasteiger partial charge < -0.3 is 14.8 Å². The van der Waals surface area contributed by atoms with Crippen LogP contribution in [0.15, 0.2) is 18.2 Å². The molecule has 0 saturated heterocycles. The zero-order valence-electron chi connectivity index (χ0n) is 18.3. The molecule has 154 valence electrons. The summed E-state index contributed by atoms with van der Waals surface area (Å²) in [7, 11) is 0. The molecule has 2 aromatic carbocycles. The van der Waals surface area contributed by atoms with Gasteiger partial charge in [0.05, 0.1) is 0 Å². The Kier molecular flexibility index (Phi) is 5.72. The van der Waals surface area contributed by atoms with Crippen molar-refractivity contribution in [2.75, 3.05) is 5.32 Å². The monoisotopic (exact) mass is 411 g/mol. The number of hydrogen-bond acceptors (Lipinski definition) is 4. The third kappa shape index (κ3) is 3.88. The molecule has 4 nitrogen and oxygen atoms in total. The van der Waals surface area contributed by atoms with Crippen LogP contribution in [0, 0.1) is 34.6 Å². The molecule has 0 aromatic heterocycles. The van der Waals surface area contributed by atoms with Gasteiger partial charge in [-0.3, -0.25) is 4.79 Å². The first-order valence-corrected chi connectivity index (χ1v) is 10.3. The van der Waals surface area contributed by atoms with Gasteiger partial charge >= 0.3 is 5.97 Å². The van der Waals surface area contributed by atoms with Crippen molar-refractivity contribution in [1.82, 2.24) is 0 Å². The molecule has 1 N–H and O–H groups in total. The van der Waals surface area contributed by atoms with E-state index in [1.165, 1.54) is 6.92 Å². The topological polar surface area (TPSA) is 47.6 Å². The molecule has 0 spiro atoms. The summed E-state index contributed by atoms with van der Waals surface area (Å²) >= 11 is 5.80. The quantitative estimate of drug-likeness (QED) is 0.400. The minimum Gasteiger partial charge on any atom is -0.480 e. The van der Waals surface area contributed by atoms with Gasteiger partial charge in [0.1, 0.15) is 16.5 Å². The Bertz CT molecular complexity index is 992. The van der Waals surface area contributed by atoms with E-state index in [9.17, 15) is 4.79 Å². The Balaban J connectivity index is 1.95. The number of thiocarbonyl (C=S) groups is 1. The smallest absolute Gasteiger partial charge is 0.308 e.